The van der Waals surface area contributed by atoms with Crippen molar-refractivity contribution in [1.82, 2.24) is 15.1 Å². The fraction of sp³-hybridized carbons (Fsp3) is 0.133. The zero-order valence-corrected chi connectivity index (χ0v) is 10.7. The lowest BCUT2D eigenvalue weighted by Crippen LogP contribution is -1.93. The van der Waals surface area contributed by atoms with E-state index in [1.54, 1.807) is 12.3 Å². The Labute approximate surface area is 115 Å². The summed E-state index contributed by atoms with van der Waals surface area (Å²) in [5.41, 5.74) is 2.45. The third-order valence-corrected chi connectivity index (χ3v) is 3.00. The first-order chi connectivity index (χ1) is 9.85. The molecule has 1 aromatic carbocycles. The number of aromatic amines is 1. The normalized spacial score (nSPS) is 10.3. The molecule has 5 heteroatoms. The second kappa shape index (κ2) is 5.41. The summed E-state index contributed by atoms with van der Waals surface area (Å²) in [5, 5.41) is 12.7. The van der Waals surface area contributed by atoms with E-state index >= 15 is 0 Å². The minimum Gasteiger partial charge on any atom is -0.352 e. The molecule has 3 rings (SSSR count). The van der Waals surface area contributed by atoms with Crippen molar-refractivity contribution in [3.05, 3.63) is 59.7 Å². The van der Waals surface area contributed by atoms with E-state index in [0.717, 1.165) is 18.4 Å². The predicted octanol–water partition coefficient (Wildman–Crippen LogP) is 2.72. The molecule has 0 radical (unpaired) electrons. The van der Waals surface area contributed by atoms with E-state index in [9.17, 15) is 0 Å². The first kappa shape index (κ1) is 12.2. The molecule has 0 unspecified atom stereocenters. The minimum absolute atomic E-state index is 0.436. The van der Waals surface area contributed by atoms with Crippen LogP contribution in [0.15, 0.2) is 47.1 Å². The van der Waals surface area contributed by atoms with Crippen molar-refractivity contribution in [2.75, 3.05) is 0 Å². The molecule has 98 valence electrons. The van der Waals surface area contributed by atoms with Crippen LogP contribution in [0.1, 0.15) is 17.1 Å². The van der Waals surface area contributed by atoms with Crippen molar-refractivity contribution in [1.29, 1.82) is 5.26 Å². The zero-order chi connectivity index (χ0) is 13.8. The van der Waals surface area contributed by atoms with Gasteiger partial charge in [-0.15, -0.1) is 0 Å². The van der Waals surface area contributed by atoms with Crippen molar-refractivity contribution in [3.8, 4) is 17.5 Å². The van der Waals surface area contributed by atoms with Gasteiger partial charge >= 0.3 is 0 Å². The monoisotopic (exact) mass is 264 g/mol. The number of nitrogens with one attached hydrogen (secondary N) is 1. The molecule has 0 aliphatic heterocycles. The van der Waals surface area contributed by atoms with Crippen LogP contribution in [-0.4, -0.2) is 15.1 Å². The fourth-order valence-electron chi connectivity index (χ4n) is 1.96. The molecule has 5 nitrogen and oxygen atoms in total. The van der Waals surface area contributed by atoms with Crippen molar-refractivity contribution in [2.24, 2.45) is 0 Å². The van der Waals surface area contributed by atoms with Gasteiger partial charge in [-0.3, -0.25) is 0 Å². The maximum absolute atomic E-state index is 8.77. The number of hydrogen-bond donors (Lipinski definition) is 1. The smallest absolute Gasteiger partial charge is 0.259 e. The number of nitriles is 1. The highest BCUT2D eigenvalue weighted by Gasteiger charge is 2.10. The van der Waals surface area contributed by atoms with Crippen LogP contribution in [0, 0.1) is 11.3 Å². The van der Waals surface area contributed by atoms with Gasteiger partial charge in [0.2, 0.25) is 0 Å². The van der Waals surface area contributed by atoms with Crippen molar-refractivity contribution in [3.63, 3.8) is 0 Å². The van der Waals surface area contributed by atoms with E-state index in [0.29, 0.717) is 17.4 Å². The van der Waals surface area contributed by atoms with Gasteiger partial charge in [-0.1, -0.05) is 35.5 Å². The van der Waals surface area contributed by atoms with Gasteiger partial charge in [0.05, 0.1) is 5.56 Å². The van der Waals surface area contributed by atoms with Gasteiger partial charge in [-0.2, -0.15) is 10.2 Å². The van der Waals surface area contributed by atoms with E-state index in [1.165, 1.54) is 5.56 Å². The number of nitrogens with zero attached hydrogens (tertiary/aromatic N) is 3. The third-order valence-electron chi connectivity index (χ3n) is 3.00. The van der Waals surface area contributed by atoms with Crippen LogP contribution in [-0.2, 0) is 12.8 Å². The number of rotatable bonds is 4. The maximum Gasteiger partial charge on any atom is 0.259 e. The molecule has 0 aliphatic carbocycles. The lowest BCUT2D eigenvalue weighted by molar-refractivity contribution is 0.422. The van der Waals surface area contributed by atoms with Crippen LogP contribution >= 0.6 is 0 Å². The molecule has 0 bridgehead atoms. The molecule has 0 aliphatic rings. The highest BCUT2D eigenvalue weighted by molar-refractivity contribution is 5.54. The quantitative estimate of drug-likeness (QED) is 0.785. The Balaban J connectivity index is 1.69. The summed E-state index contributed by atoms with van der Waals surface area (Å²) in [6, 6.07) is 13.9. The van der Waals surface area contributed by atoms with Gasteiger partial charge < -0.3 is 9.51 Å². The van der Waals surface area contributed by atoms with E-state index in [1.807, 2.05) is 24.3 Å². The number of hydrogen-bond acceptors (Lipinski definition) is 4. The third kappa shape index (κ3) is 2.59. The largest absolute Gasteiger partial charge is 0.352 e. The van der Waals surface area contributed by atoms with Gasteiger partial charge in [-0.05, 0) is 18.1 Å². The Morgan fingerprint density at radius 2 is 2.05 bits per heavy atom. The highest BCUT2D eigenvalue weighted by atomic mass is 16.5. The number of aromatic nitrogens is 3. The summed E-state index contributed by atoms with van der Waals surface area (Å²) in [4.78, 5) is 7.17. The van der Waals surface area contributed by atoms with Crippen LogP contribution in [0.2, 0.25) is 0 Å². The van der Waals surface area contributed by atoms with Crippen LogP contribution < -0.4 is 0 Å². The summed E-state index contributed by atoms with van der Waals surface area (Å²) >= 11 is 0. The standard InChI is InChI=1S/C15H12N4O/c16-9-13-8-12(10-17-13)15-18-14(19-20-15)7-6-11-4-2-1-3-5-11/h1-5,8,10,17H,6-7H2. The van der Waals surface area contributed by atoms with E-state index in [-0.39, 0.29) is 0 Å². The Morgan fingerprint density at radius 3 is 2.80 bits per heavy atom. The second-order valence-electron chi connectivity index (χ2n) is 4.42. The molecule has 0 spiro atoms. The molecule has 2 heterocycles. The van der Waals surface area contributed by atoms with Gasteiger partial charge in [0.25, 0.3) is 5.89 Å². The first-order valence-corrected chi connectivity index (χ1v) is 6.30. The minimum atomic E-state index is 0.436. The Kier molecular flexibility index (Phi) is 3.29. The Hall–Kier alpha value is -2.87. The Bertz CT molecular complexity index is 737. The van der Waals surface area contributed by atoms with Crippen molar-refractivity contribution >= 4 is 0 Å². The highest BCUT2D eigenvalue weighted by Crippen LogP contribution is 2.18. The van der Waals surface area contributed by atoms with Crippen LogP contribution in [0.5, 0.6) is 0 Å². The van der Waals surface area contributed by atoms with Crippen LogP contribution in [0.25, 0.3) is 11.5 Å². The number of H-pyrrole nitrogens is 1. The number of benzene rings is 1. The molecular formula is C15H12N4O. The molecule has 3 aromatic rings. The molecule has 0 atom stereocenters. The summed E-state index contributed by atoms with van der Waals surface area (Å²) in [6.07, 6.45) is 3.28. The molecule has 2 aromatic heterocycles. The summed E-state index contributed by atoms with van der Waals surface area (Å²) in [7, 11) is 0. The number of aryl methyl sites for hydroxylation is 2. The average Bonchev–Trinajstić information content (AvgIpc) is 3.15. The molecule has 1 N–H and O–H groups in total. The fourth-order valence-corrected chi connectivity index (χ4v) is 1.96. The topological polar surface area (TPSA) is 78.5 Å². The van der Waals surface area contributed by atoms with Crippen molar-refractivity contribution in [2.45, 2.75) is 12.8 Å². The van der Waals surface area contributed by atoms with Gasteiger partial charge in [0, 0.05) is 12.6 Å². The second-order valence-corrected chi connectivity index (χ2v) is 4.42. The van der Waals surface area contributed by atoms with Crippen molar-refractivity contribution < 1.29 is 4.52 Å². The average molecular weight is 264 g/mol. The van der Waals surface area contributed by atoms with Gasteiger partial charge in [-0.25, -0.2) is 0 Å². The van der Waals surface area contributed by atoms with E-state index < -0.39 is 0 Å². The summed E-state index contributed by atoms with van der Waals surface area (Å²) in [5.74, 6) is 1.11. The maximum atomic E-state index is 8.77. The lowest BCUT2D eigenvalue weighted by atomic mass is 10.1. The van der Waals surface area contributed by atoms with Crippen LogP contribution in [0.3, 0.4) is 0 Å². The molecule has 20 heavy (non-hydrogen) atoms. The SMILES string of the molecule is N#Cc1cc(-c2nc(CCc3ccccc3)no2)c[nH]1. The molecule has 0 saturated heterocycles. The summed E-state index contributed by atoms with van der Waals surface area (Å²) in [6.45, 7) is 0. The lowest BCUT2D eigenvalue weighted by Gasteiger charge is -1.96. The molecule has 0 saturated carbocycles. The zero-order valence-electron chi connectivity index (χ0n) is 10.7. The van der Waals surface area contributed by atoms with E-state index in [4.69, 9.17) is 9.78 Å². The molecule has 0 fully saturated rings. The molecule has 0 amide bonds. The van der Waals surface area contributed by atoms with Crippen LogP contribution in [0.4, 0.5) is 0 Å². The molecular weight excluding hydrogens is 252 g/mol. The van der Waals surface area contributed by atoms with Gasteiger partial charge in [0.1, 0.15) is 11.8 Å². The Morgan fingerprint density at radius 1 is 1.20 bits per heavy atom. The van der Waals surface area contributed by atoms with E-state index in [2.05, 4.69) is 27.3 Å². The summed E-state index contributed by atoms with van der Waals surface area (Å²) < 4.78 is 5.21. The van der Waals surface area contributed by atoms with Gasteiger partial charge in [0.15, 0.2) is 5.82 Å². The first-order valence-electron chi connectivity index (χ1n) is 6.30. The predicted molar refractivity (Wildman–Crippen MR) is 72.6 cm³/mol.